The van der Waals surface area contributed by atoms with Gasteiger partial charge in [-0.2, -0.15) is 0 Å². The van der Waals surface area contributed by atoms with Crippen LogP contribution in [0.5, 0.6) is 0 Å². The highest BCUT2D eigenvalue weighted by Crippen LogP contribution is 2.04. The summed E-state index contributed by atoms with van der Waals surface area (Å²) in [6.07, 6.45) is 2.40. The van der Waals surface area contributed by atoms with Crippen molar-refractivity contribution in [2.45, 2.75) is 52.6 Å². The van der Waals surface area contributed by atoms with Gasteiger partial charge in [-0.15, -0.1) is 0 Å². The Morgan fingerprint density at radius 3 is 2.31 bits per heavy atom. The Morgan fingerprint density at radius 2 is 1.92 bits per heavy atom. The fraction of sp³-hybridized carbons (Fsp3) is 0.900. The Kier molecular flexibility index (Phi) is 6.04. The third kappa shape index (κ3) is 5.09. The highest BCUT2D eigenvalue weighted by atomic mass is 32.1. The number of rotatable bonds is 4. The van der Waals surface area contributed by atoms with Crippen molar-refractivity contribution in [1.82, 2.24) is 10.2 Å². The average molecular weight is 202 g/mol. The first-order valence-electron chi connectivity index (χ1n) is 5.02. The molecule has 0 saturated carbocycles. The Labute approximate surface area is 87.7 Å². The van der Waals surface area contributed by atoms with Crippen molar-refractivity contribution in [3.05, 3.63) is 0 Å². The molecule has 0 rings (SSSR count). The maximum Gasteiger partial charge on any atom is 0.169 e. The van der Waals surface area contributed by atoms with E-state index in [1.807, 2.05) is 0 Å². The van der Waals surface area contributed by atoms with Gasteiger partial charge in [0.1, 0.15) is 0 Å². The van der Waals surface area contributed by atoms with Crippen molar-refractivity contribution in [3.63, 3.8) is 0 Å². The molecule has 0 radical (unpaired) electrons. The van der Waals surface area contributed by atoms with E-state index in [0.29, 0.717) is 12.1 Å². The monoisotopic (exact) mass is 202 g/mol. The largest absolute Gasteiger partial charge is 0.360 e. The molecule has 0 aromatic rings. The van der Waals surface area contributed by atoms with Gasteiger partial charge in [0.15, 0.2) is 5.11 Å². The third-order valence-electron chi connectivity index (χ3n) is 2.10. The van der Waals surface area contributed by atoms with Crippen LogP contribution < -0.4 is 5.32 Å². The fourth-order valence-electron chi connectivity index (χ4n) is 1.16. The van der Waals surface area contributed by atoms with Crippen LogP contribution >= 0.6 is 12.2 Å². The highest BCUT2D eigenvalue weighted by molar-refractivity contribution is 7.80. The summed E-state index contributed by atoms with van der Waals surface area (Å²) >= 11 is 5.26. The van der Waals surface area contributed by atoms with Crippen LogP contribution in [0.4, 0.5) is 0 Å². The molecule has 0 aliphatic carbocycles. The van der Waals surface area contributed by atoms with Gasteiger partial charge in [0, 0.05) is 19.1 Å². The maximum absolute atomic E-state index is 5.26. The van der Waals surface area contributed by atoms with E-state index in [4.69, 9.17) is 12.2 Å². The Balaban J connectivity index is 3.93. The van der Waals surface area contributed by atoms with Crippen LogP contribution in [0, 0.1) is 0 Å². The second kappa shape index (κ2) is 6.19. The number of nitrogens with zero attached hydrogens (tertiary/aromatic N) is 1. The van der Waals surface area contributed by atoms with Crippen molar-refractivity contribution >= 4 is 17.3 Å². The molecule has 78 valence electrons. The van der Waals surface area contributed by atoms with E-state index in [-0.39, 0.29) is 0 Å². The zero-order valence-corrected chi connectivity index (χ0v) is 10.2. The van der Waals surface area contributed by atoms with Gasteiger partial charge in [0.25, 0.3) is 0 Å². The average Bonchev–Trinajstić information content (AvgIpc) is 2.02. The van der Waals surface area contributed by atoms with Gasteiger partial charge in [-0.25, -0.2) is 0 Å². The molecular formula is C10H22N2S. The second-order valence-corrected chi connectivity index (χ2v) is 4.24. The van der Waals surface area contributed by atoms with Crippen LogP contribution in [0.1, 0.15) is 40.5 Å². The van der Waals surface area contributed by atoms with E-state index in [1.165, 1.54) is 12.8 Å². The van der Waals surface area contributed by atoms with Gasteiger partial charge >= 0.3 is 0 Å². The number of nitrogens with one attached hydrogen (secondary N) is 1. The lowest BCUT2D eigenvalue weighted by Gasteiger charge is -2.28. The molecule has 0 bridgehead atoms. The molecule has 0 aromatic carbocycles. The summed E-state index contributed by atoms with van der Waals surface area (Å²) in [7, 11) is 2.05. The minimum Gasteiger partial charge on any atom is -0.360 e. The summed E-state index contributed by atoms with van der Waals surface area (Å²) in [5, 5.41) is 4.10. The second-order valence-electron chi connectivity index (χ2n) is 3.85. The predicted octanol–water partition coefficient (Wildman–Crippen LogP) is 2.39. The molecule has 0 aliphatic rings. The van der Waals surface area contributed by atoms with E-state index in [1.54, 1.807) is 0 Å². The molecule has 2 nitrogen and oxygen atoms in total. The Morgan fingerprint density at radius 1 is 1.38 bits per heavy atom. The molecule has 0 aromatic heterocycles. The van der Waals surface area contributed by atoms with Crippen LogP contribution in [-0.4, -0.2) is 29.1 Å². The number of hydrogen-bond donors (Lipinski definition) is 1. The van der Waals surface area contributed by atoms with Crippen LogP contribution in [0.25, 0.3) is 0 Å². The summed E-state index contributed by atoms with van der Waals surface area (Å²) in [5.74, 6) is 0. The van der Waals surface area contributed by atoms with Gasteiger partial charge in [-0.3, -0.25) is 0 Å². The first-order chi connectivity index (χ1) is 5.99. The van der Waals surface area contributed by atoms with Crippen LogP contribution in [0.3, 0.4) is 0 Å². The fourth-order valence-corrected chi connectivity index (χ4v) is 1.58. The van der Waals surface area contributed by atoms with Gasteiger partial charge in [0.2, 0.25) is 0 Å². The summed E-state index contributed by atoms with van der Waals surface area (Å²) in [6.45, 7) is 8.61. The lowest BCUT2D eigenvalue weighted by atomic mass is 10.2. The van der Waals surface area contributed by atoms with Crippen LogP contribution in [0.15, 0.2) is 0 Å². The van der Waals surface area contributed by atoms with Gasteiger partial charge in [0.05, 0.1) is 0 Å². The zero-order chi connectivity index (χ0) is 10.4. The summed E-state index contributed by atoms with van der Waals surface area (Å²) in [5.41, 5.74) is 0. The minimum absolute atomic E-state index is 0.420. The standard InChI is InChI=1S/C10H22N2S/c1-6-7-9(4)12(5)10(13)11-8(2)3/h8-9H,6-7H2,1-5H3,(H,11,13). The first kappa shape index (κ1) is 12.7. The highest BCUT2D eigenvalue weighted by Gasteiger charge is 2.11. The van der Waals surface area contributed by atoms with Crippen LogP contribution in [0.2, 0.25) is 0 Å². The van der Waals surface area contributed by atoms with Gasteiger partial charge in [-0.05, 0) is 39.4 Å². The molecule has 13 heavy (non-hydrogen) atoms. The molecule has 1 atom stereocenters. The molecule has 3 heteroatoms. The van der Waals surface area contributed by atoms with Crippen molar-refractivity contribution in [1.29, 1.82) is 0 Å². The molecule has 0 aliphatic heterocycles. The topological polar surface area (TPSA) is 15.3 Å². The van der Waals surface area contributed by atoms with Crippen molar-refractivity contribution in [2.75, 3.05) is 7.05 Å². The van der Waals surface area contributed by atoms with E-state index in [0.717, 1.165) is 5.11 Å². The molecule has 0 heterocycles. The quantitative estimate of drug-likeness (QED) is 0.705. The van der Waals surface area contributed by atoms with Crippen molar-refractivity contribution in [2.24, 2.45) is 0 Å². The normalized spacial score (nSPS) is 12.8. The SMILES string of the molecule is CCCC(C)N(C)C(=S)NC(C)C. The number of thiocarbonyl (C=S) groups is 1. The first-order valence-corrected chi connectivity index (χ1v) is 5.43. The predicted molar refractivity (Wildman–Crippen MR) is 63.0 cm³/mol. The lowest BCUT2D eigenvalue weighted by Crippen LogP contribution is -2.44. The number of hydrogen-bond acceptors (Lipinski definition) is 1. The Hall–Kier alpha value is -0.310. The van der Waals surface area contributed by atoms with E-state index in [9.17, 15) is 0 Å². The van der Waals surface area contributed by atoms with E-state index < -0.39 is 0 Å². The summed E-state index contributed by atoms with van der Waals surface area (Å²) < 4.78 is 0. The van der Waals surface area contributed by atoms with Crippen molar-refractivity contribution < 1.29 is 0 Å². The van der Waals surface area contributed by atoms with E-state index in [2.05, 4.69) is 45.0 Å². The maximum atomic E-state index is 5.26. The summed E-state index contributed by atoms with van der Waals surface area (Å²) in [4.78, 5) is 2.14. The van der Waals surface area contributed by atoms with Gasteiger partial charge < -0.3 is 10.2 Å². The van der Waals surface area contributed by atoms with Crippen LogP contribution in [-0.2, 0) is 0 Å². The molecular weight excluding hydrogens is 180 g/mol. The lowest BCUT2D eigenvalue weighted by molar-refractivity contribution is 0.359. The molecule has 1 N–H and O–H groups in total. The minimum atomic E-state index is 0.420. The molecule has 0 saturated heterocycles. The van der Waals surface area contributed by atoms with Gasteiger partial charge in [-0.1, -0.05) is 13.3 Å². The smallest absolute Gasteiger partial charge is 0.169 e. The molecule has 0 amide bonds. The summed E-state index contributed by atoms with van der Waals surface area (Å²) in [6, 6.07) is 0.951. The Bertz CT molecular complexity index is 157. The van der Waals surface area contributed by atoms with Crippen molar-refractivity contribution in [3.8, 4) is 0 Å². The third-order valence-corrected chi connectivity index (χ3v) is 2.51. The van der Waals surface area contributed by atoms with E-state index >= 15 is 0 Å². The molecule has 0 spiro atoms. The zero-order valence-electron chi connectivity index (χ0n) is 9.42. The molecule has 0 fully saturated rings. The molecule has 1 unspecified atom stereocenters.